The smallest absolute Gasteiger partial charge is 0.255 e. The maximum atomic E-state index is 13.9. The van der Waals surface area contributed by atoms with E-state index in [1.807, 2.05) is 88.4 Å². The van der Waals surface area contributed by atoms with Crippen LogP contribution in [0.4, 0.5) is 11.6 Å². The number of hydrogen-bond acceptors (Lipinski definition) is 4. The molecule has 1 aliphatic heterocycles. The van der Waals surface area contributed by atoms with Gasteiger partial charge in [-0.25, -0.2) is 4.98 Å². The lowest BCUT2D eigenvalue weighted by Gasteiger charge is -2.31. The van der Waals surface area contributed by atoms with E-state index in [2.05, 4.69) is 21.3 Å². The number of fused-ring (bicyclic) bond motifs is 3. The fourth-order valence-electron chi connectivity index (χ4n) is 4.69. The lowest BCUT2D eigenvalue weighted by molar-refractivity contribution is -0.113. The Morgan fingerprint density at radius 3 is 2.62 bits per heavy atom. The Bertz CT molecular complexity index is 1430. The number of carbonyl (C=O) groups excluding carboxylic acids is 1. The van der Waals surface area contributed by atoms with Crippen LogP contribution in [0.5, 0.6) is 5.75 Å². The number of ether oxygens (including phenoxy) is 1. The third-order valence-electron chi connectivity index (χ3n) is 6.22. The van der Waals surface area contributed by atoms with Gasteiger partial charge >= 0.3 is 0 Å². The number of nitrogens with one attached hydrogen (secondary N) is 2. The molecule has 4 aromatic rings. The van der Waals surface area contributed by atoms with Crippen molar-refractivity contribution in [3.05, 3.63) is 94.7 Å². The van der Waals surface area contributed by atoms with E-state index in [0.717, 1.165) is 44.9 Å². The van der Waals surface area contributed by atoms with Crippen molar-refractivity contribution in [1.82, 2.24) is 9.55 Å². The largest absolute Gasteiger partial charge is 0.494 e. The maximum absolute atomic E-state index is 13.9. The summed E-state index contributed by atoms with van der Waals surface area (Å²) in [5, 5.41) is 6.52. The first-order chi connectivity index (χ1) is 16.5. The standard InChI is InChI=1S/C28H28N4O2/c1-5-34-24-13-9-6-10-20(24)26-25(27(33)30-21-15-14-17(2)16-18(21)3)19(4)29-28-31-22-11-7-8-12-23(22)32(26)28/h6-16,26H,5H2,1-4H3,(H,29,31)(H,30,33)/t26-/m1/s1. The maximum Gasteiger partial charge on any atom is 0.255 e. The van der Waals surface area contributed by atoms with Crippen LogP contribution >= 0.6 is 0 Å². The summed E-state index contributed by atoms with van der Waals surface area (Å²) in [6.07, 6.45) is 0. The van der Waals surface area contributed by atoms with Crippen molar-refractivity contribution in [2.24, 2.45) is 0 Å². The van der Waals surface area contributed by atoms with Crippen molar-refractivity contribution in [2.45, 2.75) is 33.7 Å². The second-order valence-electron chi connectivity index (χ2n) is 8.60. The lowest BCUT2D eigenvalue weighted by Crippen LogP contribution is -2.31. The van der Waals surface area contributed by atoms with Crippen LogP contribution in [0.2, 0.25) is 0 Å². The molecule has 6 nitrogen and oxygen atoms in total. The molecule has 0 spiro atoms. The highest BCUT2D eigenvalue weighted by Gasteiger charge is 2.35. The molecular weight excluding hydrogens is 424 g/mol. The quantitative estimate of drug-likeness (QED) is 0.391. The van der Waals surface area contributed by atoms with Gasteiger partial charge in [-0.15, -0.1) is 0 Å². The average Bonchev–Trinajstić information content (AvgIpc) is 3.18. The molecule has 0 aliphatic carbocycles. The molecule has 2 heterocycles. The molecule has 1 atom stereocenters. The number of benzene rings is 3. The van der Waals surface area contributed by atoms with Gasteiger partial charge in [-0.05, 0) is 57.5 Å². The van der Waals surface area contributed by atoms with Crippen molar-refractivity contribution < 1.29 is 9.53 Å². The molecule has 0 radical (unpaired) electrons. The predicted octanol–water partition coefficient (Wildman–Crippen LogP) is 5.98. The van der Waals surface area contributed by atoms with Crippen LogP contribution in [-0.4, -0.2) is 22.1 Å². The van der Waals surface area contributed by atoms with Crippen LogP contribution < -0.4 is 15.4 Å². The van der Waals surface area contributed by atoms with Gasteiger partial charge in [0.25, 0.3) is 5.91 Å². The van der Waals surface area contributed by atoms with Crippen molar-refractivity contribution in [2.75, 3.05) is 17.2 Å². The van der Waals surface area contributed by atoms with Gasteiger partial charge in [0.2, 0.25) is 5.95 Å². The highest BCUT2D eigenvalue weighted by Crippen LogP contribution is 2.42. The topological polar surface area (TPSA) is 68.2 Å². The van der Waals surface area contributed by atoms with E-state index in [9.17, 15) is 4.79 Å². The number of carbonyl (C=O) groups is 1. The molecule has 0 saturated heterocycles. The van der Waals surface area contributed by atoms with Crippen molar-refractivity contribution >= 4 is 28.6 Å². The van der Waals surface area contributed by atoms with Crippen LogP contribution in [0.25, 0.3) is 11.0 Å². The second kappa shape index (κ2) is 8.71. The highest BCUT2D eigenvalue weighted by molar-refractivity contribution is 6.07. The van der Waals surface area contributed by atoms with Gasteiger partial charge in [-0.2, -0.15) is 0 Å². The van der Waals surface area contributed by atoms with E-state index in [1.165, 1.54) is 0 Å². The molecule has 0 unspecified atom stereocenters. The zero-order valence-electron chi connectivity index (χ0n) is 19.8. The zero-order valence-corrected chi connectivity index (χ0v) is 19.8. The van der Waals surface area contributed by atoms with Crippen LogP contribution in [0, 0.1) is 13.8 Å². The number of amides is 1. The number of aryl methyl sites for hydroxylation is 2. The average molecular weight is 453 g/mol. The molecule has 34 heavy (non-hydrogen) atoms. The van der Waals surface area contributed by atoms with Crippen LogP contribution in [0.1, 0.15) is 36.6 Å². The lowest BCUT2D eigenvalue weighted by atomic mass is 9.93. The van der Waals surface area contributed by atoms with Gasteiger partial charge < -0.3 is 15.4 Å². The number of hydrogen-bond donors (Lipinski definition) is 2. The molecule has 6 heteroatoms. The normalized spacial score (nSPS) is 15.1. The third-order valence-corrected chi connectivity index (χ3v) is 6.22. The summed E-state index contributed by atoms with van der Waals surface area (Å²) >= 11 is 0. The predicted molar refractivity (Wildman–Crippen MR) is 136 cm³/mol. The fourth-order valence-corrected chi connectivity index (χ4v) is 4.69. The molecule has 2 N–H and O–H groups in total. The zero-order chi connectivity index (χ0) is 23.8. The molecule has 0 fully saturated rings. The summed E-state index contributed by atoms with van der Waals surface area (Å²) in [5.41, 5.74) is 7.11. The minimum absolute atomic E-state index is 0.156. The molecule has 5 rings (SSSR count). The summed E-state index contributed by atoms with van der Waals surface area (Å²) < 4.78 is 8.09. The number of rotatable bonds is 5. The van der Waals surface area contributed by atoms with E-state index in [1.54, 1.807) is 0 Å². The van der Waals surface area contributed by atoms with Gasteiger partial charge in [0.1, 0.15) is 5.75 Å². The first-order valence-electron chi connectivity index (χ1n) is 11.5. The minimum atomic E-state index is -0.405. The van der Waals surface area contributed by atoms with Gasteiger partial charge in [-0.3, -0.25) is 9.36 Å². The van der Waals surface area contributed by atoms with Gasteiger partial charge in [0.05, 0.1) is 29.3 Å². The van der Waals surface area contributed by atoms with E-state index in [-0.39, 0.29) is 5.91 Å². The Kier molecular flexibility index (Phi) is 5.57. The summed E-state index contributed by atoms with van der Waals surface area (Å²) in [6.45, 7) is 8.48. The summed E-state index contributed by atoms with van der Waals surface area (Å²) in [5.74, 6) is 1.31. The molecule has 1 aliphatic rings. The Hall–Kier alpha value is -4.06. The minimum Gasteiger partial charge on any atom is -0.494 e. The molecule has 1 aromatic heterocycles. The first-order valence-corrected chi connectivity index (χ1v) is 11.5. The first kappa shape index (κ1) is 21.8. The Morgan fingerprint density at radius 1 is 1.06 bits per heavy atom. The van der Waals surface area contributed by atoms with E-state index < -0.39 is 6.04 Å². The fraction of sp³-hybridized carbons (Fsp3) is 0.214. The molecule has 172 valence electrons. The van der Waals surface area contributed by atoms with E-state index >= 15 is 0 Å². The van der Waals surface area contributed by atoms with Crippen molar-refractivity contribution in [3.8, 4) is 5.75 Å². The second-order valence-corrected chi connectivity index (χ2v) is 8.60. The number of allylic oxidation sites excluding steroid dienone is 1. The number of para-hydroxylation sites is 3. The summed E-state index contributed by atoms with van der Waals surface area (Å²) in [6, 6.07) is 21.5. The van der Waals surface area contributed by atoms with E-state index in [0.29, 0.717) is 18.1 Å². The van der Waals surface area contributed by atoms with Gasteiger partial charge in [-0.1, -0.05) is 48.0 Å². The molecule has 1 amide bonds. The van der Waals surface area contributed by atoms with Gasteiger partial charge in [0.15, 0.2) is 0 Å². The van der Waals surface area contributed by atoms with Crippen molar-refractivity contribution in [1.29, 1.82) is 0 Å². The number of imidazole rings is 1. The monoisotopic (exact) mass is 452 g/mol. The molecule has 0 saturated carbocycles. The van der Waals surface area contributed by atoms with Crippen LogP contribution in [0.15, 0.2) is 78.0 Å². The van der Waals surface area contributed by atoms with Gasteiger partial charge in [0, 0.05) is 16.9 Å². The number of anilines is 2. The third kappa shape index (κ3) is 3.71. The van der Waals surface area contributed by atoms with Crippen LogP contribution in [-0.2, 0) is 4.79 Å². The summed E-state index contributed by atoms with van der Waals surface area (Å²) in [7, 11) is 0. The molecule has 0 bridgehead atoms. The SMILES string of the molecule is CCOc1ccccc1[C@@H]1C(C(=O)Nc2ccc(C)cc2C)=C(C)Nc2nc3ccccc3n21. The Morgan fingerprint density at radius 2 is 1.82 bits per heavy atom. The summed E-state index contributed by atoms with van der Waals surface area (Å²) in [4.78, 5) is 18.7. The highest BCUT2D eigenvalue weighted by atomic mass is 16.5. The van der Waals surface area contributed by atoms with Crippen LogP contribution in [0.3, 0.4) is 0 Å². The number of nitrogens with zero attached hydrogens (tertiary/aromatic N) is 2. The van der Waals surface area contributed by atoms with E-state index in [4.69, 9.17) is 9.72 Å². The Balaban J connectivity index is 1.69. The number of aromatic nitrogens is 2. The Labute approximate surface area is 199 Å². The van der Waals surface area contributed by atoms with Crippen molar-refractivity contribution in [3.63, 3.8) is 0 Å². The molecule has 3 aromatic carbocycles. The molecular formula is C28H28N4O2.